The third-order valence-corrected chi connectivity index (χ3v) is 5.30. The van der Waals surface area contributed by atoms with Gasteiger partial charge in [-0.15, -0.1) is 0 Å². The summed E-state index contributed by atoms with van der Waals surface area (Å²) >= 11 is 0. The summed E-state index contributed by atoms with van der Waals surface area (Å²) in [5, 5.41) is 0. The van der Waals surface area contributed by atoms with Gasteiger partial charge in [0.25, 0.3) is 0 Å². The van der Waals surface area contributed by atoms with E-state index in [0.29, 0.717) is 5.92 Å². The molecule has 1 aliphatic rings. The first-order valence-electron chi connectivity index (χ1n) is 6.12. The molecule has 0 spiro atoms. The molecule has 0 amide bonds. The van der Waals surface area contributed by atoms with Crippen LogP contribution in [0.3, 0.4) is 0 Å². The molecular weight excluding hydrogens is 228 g/mol. The SMILES string of the molecule is CO[SiH](CC1=CCC1Cc1ccccc1)OC. The van der Waals surface area contributed by atoms with E-state index in [0.717, 1.165) is 12.5 Å². The molecule has 0 heterocycles. The Morgan fingerprint density at radius 1 is 1.18 bits per heavy atom. The molecule has 1 aromatic carbocycles. The fraction of sp³-hybridized carbons (Fsp3) is 0.429. The van der Waals surface area contributed by atoms with Crippen molar-refractivity contribution >= 4 is 9.28 Å². The lowest BCUT2D eigenvalue weighted by atomic mass is 9.81. The second-order valence-corrected chi connectivity index (χ2v) is 6.72. The molecule has 1 unspecified atom stereocenters. The van der Waals surface area contributed by atoms with E-state index < -0.39 is 9.28 Å². The average Bonchev–Trinajstić information content (AvgIpc) is 2.37. The topological polar surface area (TPSA) is 18.5 Å². The number of benzene rings is 1. The van der Waals surface area contributed by atoms with Crippen molar-refractivity contribution in [2.75, 3.05) is 14.2 Å². The van der Waals surface area contributed by atoms with Gasteiger partial charge in [0.05, 0.1) is 0 Å². The maximum Gasteiger partial charge on any atom is 0.325 e. The van der Waals surface area contributed by atoms with Crippen LogP contribution >= 0.6 is 0 Å². The third kappa shape index (κ3) is 3.28. The summed E-state index contributed by atoms with van der Waals surface area (Å²) in [6.45, 7) is 0. The van der Waals surface area contributed by atoms with E-state index in [4.69, 9.17) is 8.85 Å². The van der Waals surface area contributed by atoms with Crippen molar-refractivity contribution in [3.63, 3.8) is 0 Å². The van der Waals surface area contributed by atoms with Crippen LogP contribution in [0.2, 0.25) is 6.04 Å². The van der Waals surface area contributed by atoms with E-state index in [1.54, 1.807) is 14.2 Å². The van der Waals surface area contributed by atoms with Crippen molar-refractivity contribution in [2.45, 2.75) is 18.9 Å². The number of hydrogen-bond donors (Lipinski definition) is 0. The van der Waals surface area contributed by atoms with Crippen molar-refractivity contribution in [2.24, 2.45) is 5.92 Å². The van der Waals surface area contributed by atoms with Crippen LogP contribution in [0.1, 0.15) is 12.0 Å². The van der Waals surface area contributed by atoms with Crippen molar-refractivity contribution in [1.29, 1.82) is 0 Å². The lowest BCUT2D eigenvalue weighted by Gasteiger charge is -2.29. The number of hydrogen-bond acceptors (Lipinski definition) is 2. The zero-order valence-electron chi connectivity index (χ0n) is 10.6. The van der Waals surface area contributed by atoms with Gasteiger partial charge < -0.3 is 8.85 Å². The standard InChI is InChI=1S/C14H20O2Si/c1-15-17(16-2)11-14-9-8-13(14)10-12-6-4-3-5-7-12/h3-7,9,13,17H,8,10-11H2,1-2H3. The Morgan fingerprint density at radius 3 is 2.41 bits per heavy atom. The van der Waals surface area contributed by atoms with Gasteiger partial charge in [0.1, 0.15) is 0 Å². The van der Waals surface area contributed by atoms with Gasteiger partial charge in [-0.1, -0.05) is 42.0 Å². The van der Waals surface area contributed by atoms with Gasteiger partial charge in [-0.2, -0.15) is 0 Å². The van der Waals surface area contributed by atoms with Crippen molar-refractivity contribution in [3.05, 3.63) is 47.5 Å². The van der Waals surface area contributed by atoms with E-state index in [-0.39, 0.29) is 0 Å². The first-order chi connectivity index (χ1) is 8.33. The fourth-order valence-electron chi connectivity index (χ4n) is 2.27. The predicted molar refractivity (Wildman–Crippen MR) is 72.3 cm³/mol. The minimum absolute atomic E-state index is 0.706. The monoisotopic (exact) mass is 248 g/mol. The molecule has 0 bridgehead atoms. The highest BCUT2D eigenvalue weighted by molar-refractivity contribution is 6.45. The maximum absolute atomic E-state index is 5.38. The Bertz CT molecular complexity index is 371. The summed E-state index contributed by atoms with van der Waals surface area (Å²) in [5.41, 5.74) is 2.96. The molecule has 0 fully saturated rings. The zero-order valence-corrected chi connectivity index (χ0v) is 11.7. The van der Waals surface area contributed by atoms with Crippen molar-refractivity contribution < 1.29 is 8.85 Å². The summed E-state index contributed by atoms with van der Waals surface area (Å²) in [6.07, 6.45) is 4.70. The second kappa shape index (κ2) is 6.14. The van der Waals surface area contributed by atoms with E-state index in [9.17, 15) is 0 Å². The maximum atomic E-state index is 5.38. The molecule has 17 heavy (non-hydrogen) atoms. The van der Waals surface area contributed by atoms with E-state index in [2.05, 4.69) is 36.4 Å². The van der Waals surface area contributed by atoms with Crippen LogP contribution < -0.4 is 0 Å². The molecule has 0 saturated heterocycles. The number of allylic oxidation sites excluding steroid dienone is 2. The van der Waals surface area contributed by atoms with Gasteiger partial charge in [0.15, 0.2) is 0 Å². The molecule has 0 aromatic heterocycles. The highest BCUT2D eigenvalue weighted by Gasteiger charge is 2.25. The highest BCUT2D eigenvalue weighted by atomic mass is 28.3. The van der Waals surface area contributed by atoms with Crippen LogP contribution in [-0.2, 0) is 15.3 Å². The van der Waals surface area contributed by atoms with E-state index >= 15 is 0 Å². The van der Waals surface area contributed by atoms with E-state index in [1.165, 1.54) is 17.6 Å². The molecule has 1 aliphatic carbocycles. The third-order valence-electron chi connectivity index (χ3n) is 3.44. The molecular formula is C14H20O2Si. The Labute approximate surface area is 105 Å². The second-order valence-electron chi connectivity index (χ2n) is 4.51. The van der Waals surface area contributed by atoms with Gasteiger partial charge in [-0.3, -0.25) is 0 Å². The van der Waals surface area contributed by atoms with Crippen LogP contribution in [-0.4, -0.2) is 23.5 Å². The lowest BCUT2D eigenvalue weighted by Crippen LogP contribution is -2.25. The van der Waals surface area contributed by atoms with Gasteiger partial charge in [0.2, 0.25) is 0 Å². The van der Waals surface area contributed by atoms with Crippen LogP contribution in [0.15, 0.2) is 42.0 Å². The molecule has 2 nitrogen and oxygen atoms in total. The number of rotatable bonds is 6. The zero-order chi connectivity index (χ0) is 12.1. The molecule has 0 N–H and O–H groups in total. The van der Waals surface area contributed by atoms with Gasteiger partial charge >= 0.3 is 9.28 Å². The predicted octanol–water partition coefficient (Wildman–Crippen LogP) is 2.69. The highest BCUT2D eigenvalue weighted by Crippen LogP contribution is 2.34. The first kappa shape index (κ1) is 12.6. The molecule has 1 aromatic rings. The lowest BCUT2D eigenvalue weighted by molar-refractivity contribution is 0.278. The average molecular weight is 248 g/mol. The molecule has 0 aliphatic heterocycles. The summed E-state index contributed by atoms with van der Waals surface area (Å²) in [4.78, 5) is 0. The quantitative estimate of drug-likeness (QED) is 0.569. The summed E-state index contributed by atoms with van der Waals surface area (Å²) < 4.78 is 10.8. The normalized spacial score (nSPS) is 19.0. The minimum atomic E-state index is -1.43. The minimum Gasteiger partial charge on any atom is -0.400 e. The molecule has 92 valence electrons. The Morgan fingerprint density at radius 2 is 1.88 bits per heavy atom. The summed E-state index contributed by atoms with van der Waals surface area (Å²) in [5.74, 6) is 0.706. The van der Waals surface area contributed by atoms with Crippen LogP contribution in [0, 0.1) is 5.92 Å². The van der Waals surface area contributed by atoms with Gasteiger partial charge in [-0.05, 0) is 24.3 Å². The van der Waals surface area contributed by atoms with Gasteiger partial charge in [0, 0.05) is 20.3 Å². The molecule has 1 atom stereocenters. The van der Waals surface area contributed by atoms with Crippen molar-refractivity contribution in [1.82, 2.24) is 0 Å². The fourth-order valence-corrected chi connectivity index (χ4v) is 3.68. The Balaban J connectivity index is 1.87. The summed E-state index contributed by atoms with van der Waals surface area (Å²) in [6, 6.07) is 11.7. The van der Waals surface area contributed by atoms with Crippen molar-refractivity contribution in [3.8, 4) is 0 Å². The molecule has 0 radical (unpaired) electrons. The smallest absolute Gasteiger partial charge is 0.325 e. The van der Waals surface area contributed by atoms with E-state index in [1.807, 2.05) is 0 Å². The largest absolute Gasteiger partial charge is 0.400 e. The summed E-state index contributed by atoms with van der Waals surface area (Å²) in [7, 11) is 2.08. The molecule has 0 saturated carbocycles. The van der Waals surface area contributed by atoms with Gasteiger partial charge in [-0.25, -0.2) is 0 Å². The molecule has 3 heteroatoms. The van der Waals surface area contributed by atoms with Crippen LogP contribution in [0.5, 0.6) is 0 Å². The Kier molecular flexibility index (Phi) is 4.54. The van der Waals surface area contributed by atoms with Crippen LogP contribution in [0.4, 0.5) is 0 Å². The first-order valence-corrected chi connectivity index (χ1v) is 7.88. The van der Waals surface area contributed by atoms with Crippen LogP contribution in [0.25, 0.3) is 0 Å². The molecule has 2 rings (SSSR count). The Hall–Kier alpha value is -0.903.